The number of nitrogens with zero attached hydrogens (tertiary/aromatic N) is 2. The molecule has 0 N–H and O–H groups in total. The van der Waals surface area contributed by atoms with E-state index in [9.17, 15) is 9.59 Å². The van der Waals surface area contributed by atoms with E-state index in [1.165, 1.54) is 11.1 Å². The molecule has 6 heteroatoms. The number of carbonyl (C=O) groups is 2. The van der Waals surface area contributed by atoms with Crippen LogP contribution in [0, 0.1) is 0 Å². The van der Waals surface area contributed by atoms with Gasteiger partial charge in [-0.05, 0) is 54.5 Å². The van der Waals surface area contributed by atoms with Crippen molar-refractivity contribution in [1.82, 2.24) is 9.80 Å². The average molecular weight is 421 g/mol. The number of carbonyl (C=O) groups excluding carboxylic acids is 2. The lowest BCUT2D eigenvalue weighted by atomic mass is 9.95. The Balaban J connectivity index is 1.42. The molecule has 1 saturated heterocycles. The third-order valence-electron chi connectivity index (χ3n) is 6.83. The predicted molar refractivity (Wildman–Crippen MR) is 116 cm³/mol. The van der Waals surface area contributed by atoms with E-state index in [4.69, 9.17) is 9.47 Å². The van der Waals surface area contributed by atoms with Crippen molar-refractivity contribution in [2.24, 2.45) is 0 Å². The van der Waals surface area contributed by atoms with Gasteiger partial charge in [0.1, 0.15) is 12.4 Å². The maximum atomic E-state index is 13.7. The van der Waals surface area contributed by atoms with Crippen LogP contribution in [0.25, 0.3) is 0 Å². The molecule has 31 heavy (non-hydrogen) atoms. The Morgan fingerprint density at radius 3 is 2.29 bits per heavy atom. The van der Waals surface area contributed by atoms with Gasteiger partial charge in [0, 0.05) is 19.1 Å². The molecular formula is C25H28N2O4. The molecule has 1 saturated carbocycles. The van der Waals surface area contributed by atoms with E-state index < -0.39 is 12.1 Å². The molecular weight excluding hydrogens is 392 g/mol. The number of fused-ring (bicyclic) bond motifs is 1. The summed E-state index contributed by atoms with van der Waals surface area (Å²) in [4.78, 5) is 30.2. The van der Waals surface area contributed by atoms with Crippen molar-refractivity contribution in [3.63, 3.8) is 0 Å². The van der Waals surface area contributed by atoms with Gasteiger partial charge in [0.05, 0.1) is 13.2 Å². The van der Waals surface area contributed by atoms with E-state index in [0.29, 0.717) is 0 Å². The van der Waals surface area contributed by atoms with E-state index in [1.807, 2.05) is 53.2 Å². The molecule has 0 radical (unpaired) electrons. The Morgan fingerprint density at radius 2 is 1.71 bits per heavy atom. The van der Waals surface area contributed by atoms with Gasteiger partial charge in [-0.1, -0.05) is 36.4 Å². The Kier molecular flexibility index (Phi) is 5.18. The molecule has 2 aromatic carbocycles. The van der Waals surface area contributed by atoms with Crippen molar-refractivity contribution in [3.8, 4) is 5.75 Å². The molecule has 0 spiro atoms. The van der Waals surface area contributed by atoms with Gasteiger partial charge in [-0.25, -0.2) is 0 Å². The molecule has 2 aromatic rings. The van der Waals surface area contributed by atoms with E-state index >= 15 is 0 Å². The highest BCUT2D eigenvalue weighted by Crippen LogP contribution is 2.40. The van der Waals surface area contributed by atoms with Crippen LogP contribution in [0.2, 0.25) is 0 Å². The molecule has 2 amide bonds. The average Bonchev–Trinajstić information content (AvgIpc) is 3.55. The third kappa shape index (κ3) is 3.69. The summed E-state index contributed by atoms with van der Waals surface area (Å²) in [5, 5.41) is 0. The minimum Gasteiger partial charge on any atom is -0.497 e. The minimum atomic E-state index is -0.708. The van der Waals surface area contributed by atoms with E-state index in [-0.39, 0.29) is 30.5 Å². The molecule has 1 aliphatic heterocycles. The first-order valence-electron chi connectivity index (χ1n) is 11.0. The molecule has 3 aliphatic rings. The number of rotatable bonds is 5. The Hall–Kier alpha value is -2.86. The molecule has 2 aliphatic carbocycles. The summed E-state index contributed by atoms with van der Waals surface area (Å²) in [6.07, 6.45) is 2.95. The van der Waals surface area contributed by atoms with Gasteiger partial charge in [-0.15, -0.1) is 0 Å². The van der Waals surface area contributed by atoms with Crippen LogP contribution in [0.15, 0.2) is 48.5 Å². The third-order valence-corrected chi connectivity index (χ3v) is 6.83. The summed E-state index contributed by atoms with van der Waals surface area (Å²) in [5.41, 5.74) is 3.51. The van der Waals surface area contributed by atoms with Crippen LogP contribution in [0.1, 0.15) is 35.6 Å². The number of morpholine rings is 1. The predicted octanol–water partition coefficient (Wildman–Crippen LogP) is 2.75. The van der Waals surface area contributed by atoms with Crippen molar-refractivity contribution in [2.45, 2.75) is 49.9 Å². The fourth-order valence-corrected chi connectivity index (χ4v) is 4.94. The second-order valence-electron chi connectivity index (χ2n) is 8.76. The zero-order valence-corrected chi connectivity index (χ0v) is 18.0. The normalized spacial score (nSPS) is 23.5. The largest absolute Gasteiger partial charge is 0.497 e. The van der Waals surface area contributed by atoms with Gasteiger partial charge in [-0.2, -0.15) is 0 Å². The summed E-state index contributed by atoms with van der Waals surface area (Å²) in [7, 11) is 3.49. The van der Waals surface area contributed by atoms with Crippen molar-refractivity contribution >= 4 is 11.8 Å². The Morgan fingerprint density at radius 1 is 1.06 bits per heavy atom. The van der Waals surface area contributed by atoms with Gasteiger partial charge < -0.3 is 19.3 Å². The zero-order valence-electron chi connectivity index (χ0n) is 18.0. The van der Waals surface area contributed by atoms with Crippen molar-refractivity contribution < 1.29 is 19.1 Å². The standard InChI is InChI=1S/C25H28N2O4/c1-26(20-13-17-5-3-4-6-18(17)14-20)25(29)24-23(16-7-11-21(30-2)12-8-16)27(19-9-10-19)22(28)15-31-24/h3-8,11-12,19-20,23-24H,9-10,13-15H2,1-2H3/t23-,24+/m1/s1. The highest BCUT2D eigenvalue weighted by atomic mass is 16.5. The number of likely N-dealkylation sites (N-methyl/N-ethyl adjacent to an activating group) is 1. The molecule has 0 unspecified atom stereocenters. The summed E-state index contributed by atoms with van der Waals surface area (Å²) in [5.74, 6) is 0.647. The molecule has 162 valence electrons. The Labute approximate surface area is 182 Å². The number of methoxy groups -OCH3 is 1. The SMILES string of the molecule is COc1ccc([C@@H]2[C@@H](C(=O)N(C)C3Cc4ccccc4C3)OCC(=O)N2C2CC2)cc1. The monoisotopic (exact) mass is 420 g/mol. The van der Waals surface area contributed by atoms with Gasteiger partial charge >= 0.3 is 0 Å². The lowest BCUT2D eigenvalue weighted by molar-refractivity contribution is -0.170. The molecule has 1 heterocycles. The second-order valence-corrected chi connectivity index (χ2v) is 8.76. The molecule has 6 nitrogen and oxygen atoms in total. The first-order chi connectivity index (χ1) is 15.1. The Bertz CT molecular complexity index is 960. The molecule has 0 bridgehead atoms. The second kappa shape index (κ2) is 8.00. The minimum absolute atomic E-state index is 0.0386. The number of amides is 2. The van der Waals surface area contributed by atoms with Gasteiger partial charge in [0.15, 0.2) is 6.10 Å². The maximum absolute atomic E-state index is 13.7. The summed E-state index contributed by atoms with van der Waals surface area (Å²) >= 11 is 0. The van der Waals surface area contributed by atoms with Crippen LogP contribution in [0.4, 0.5) is 0 Å². The zero-order chi connectivity index (χ0) is 21.5. The van der Waals surface area contributed by atoms with Crippen LogP contribution < -0.4 is 4.74 Å². The highest BCUT2D eigenvalue weighted by molar-refractivity contribution is 5.87. The van der Waals surface area contributed by atoms with Gasteiger partial charge in [0.2, 0.25) is 5.91 Å². The smallest absolute Gasteiger partial charge is 0.254 e. The number of hydrogen-bond acceptors (Lipinski definition) is 4. The highest BCUT2D eigenvalue weighted by Gasteiger charge is 2.48. The number of ether oxygens (including phenoxy) is 2. The van der Waals surface area contributed by atoms with Crippen LogP contribution >= 0.6 is 0 Å². The van der Waals surface area contributed by atoms with E-state index in [1.54, 1.807) is 7.11 Å². The van der Waals surface area contributed by atoms with Crippen molar-refractivity contribution in [2.75, 3.05) is 20.8 Å². The van der Waals surface area contributed by atoms with Crippen molar-refractivity contribution in [1.29, 1.82) is 0 Å². The lowest BCUT2D eigenvalue weighted by Gasteiger charge is -2.42. The topological polar surface area (TPSA) is 59.1 Å². The first-order valence-corrected chi connectivity index (χ1v) is 11.0. The van der Waals surface area contributed by atoms with Crippen LogP contribution in [-0.2, 0) is 27.2 Å². The summed E-state index contributed by atoms with van der Waals surface area (Å²) in [6.45, 7) is -0.0434. The van der Waals surface area contributed by atoms with Crippen LogP contribution in [-0.4, -0.2) is 60.6 Å². The molecule has 2 atom stereocenters. The number of benzene rings is 2. The van der Waals surface area contributed by atoms with E-state index in [0.717, 1.165) is 37.0 Å². The molecule has 5 rings (SSSR count). The van der Waals surface area contributed by atoms with E-state index in [2.05, 4.69) is 12.1 Å². The summed E-state index contributed by atoms with van der Waals surface area (Å²) < 4.78 is 11.2. The molecule has 2 fully saturated rings. The van der Waals surface area contributed by atoms with Gasteiger partial charge in [-0.3, -0.25) is 9.59 Å². The van der Waals surface area contributed by atoms with Crippen molar-refractivity contribution in [3.05, 3.63) is 65.2 Å². The quantitative estimate of drug-likeness (QED) is 0.746. The first kappa shape index (κ1) is 20.1. The van der Waals surface area contributed by atoms with Crippen LogP contribution in [0.5, 0.6) is 5.75 Å². The van der Waals surface area contributed by atoms with Crippen LogP contribution in [0.3, 0.4) is 0 Å². The number of hydrogen-bond donors (Lipinski definition) is 0. The fraction of sp³-hybridized carbons (Fsp3) is 0.440. The van der Waals surface area contributed by atoms with Gasteiger partial charge in [0.25, 0.3) is 5.91 Å². The molecule has 0 aromatic heterocycles. The fourth-order valence-electron chi connectivity index (χ4n) is 4.94. The summed E-state index contributed by atoms with van der Waals surface area (Å²) in [6, 6.07) is 15.9. The lowest BCUT2D eigenvalue weighted by Crippen LogP contribution is -2.56. The maximum Gasteiger partial charge on any atom is 0.254 e.